The Morgan fingerprint density at radius 1 is 0.720 bits per heavy atom. The zero-order valence-corrected chi connectivity index (χ0v) is 20.9. The largest absolute Gasteiger partial charge is 0.356 e. The molecule has 0 amide bonds. The van der Waals surface area contributed by atoms with Crippen LogP contribution in [0.15, 0.2) is 60.7 Å². The second-order valence-corrected chi connectivity index (χ2v) is 7.47. The monoisotopic (exact) mass is 458 g/mol. The summed E-state index contributed by atoms with van der Waals surface area (Å²) in [7, 11) is 3.87. The molecule has 2 aromatic carbocycles. The van der Waals surface area contributed by atoms with Gasteiger partial charge in [0.15, 0.2) is 0 Å². The van der Waals surface area contributed by atoms with Crippen LogP contribution in [0.5, 0.6) is 0 Å². The first-order valence-electron chi connectivity index (χ1n) is 7.36. The minimum absolute atomic E-state index is 0. The molecule has 2 nitrogen and oxygen atoms in total. The van der Waals surface area contributed by atoms with Crippen LogP contribution in [0.3, 0.4) is 0 Å². The van der Waals surface area contributed by atoms with Gasteiger partial charge < -0.3 is 9.80 Å². The topological polar surface area (TPSA) is 6.48 Å². The summed E-state index contributed by atoms with van der Waals surface area (Å²) < 4.78 is 1.25. The van der Waals surface area contributed by atoms with E-state index in [9.17, 15) is 0 Å². The first-order chi connectivity index (χ1) is 11.4. The number of thiocarbonyl (C=S) groups is 2. The summed E-state index contributed by atoms with van der Waals surface area (Å²) in [6.45, 7) is 1.65. The predicted octanol–water partition coefficient (Wildman–Crippen LogP) is 4.66. The number of thiol groups is 2. The molecule has 0 radical (unpaired) electrons. The Hall–Kier alpha value is -0.457. The second kappa shape index (κ2) is 13.7. The summed E-state index contributed by atoms with van der Waals surface area (Å²) in [6, 6.07) is 20.4. The van der Waals surface area contributed by atoms with Crippen molar-refractivity contribution in [2.45, 2.75) is 13.1 Å². The summed E-state index contributed by atoms with van der Waals surface area (Å²) in [5.41, 5.74) is 2.49. The average Bonchev–Trinajstić information content (AvgIpc) is 2.57. The van der Waals surface area contributed by atoms with Crippen molar-refractivity contribution in [2.24, 2.45) is 0 Å². The molecular formula is C18H22N2S4Zn. The van der Waals surface area contributed by atoms with Crippen LogP contribution >= 0.6 is 49.7 Å². The number of nitrogens with zero attached hydrogens (tertiary/aromatic N) is 2. The van der Waals surface area contributed by atoms with Gasteiger partial charge >= 0.3 is 0 Å². The van der Waals surface area contributed by atoms with Crippen molar-refractivity contribution < 1.29 is 19.5 Å². The van der Waals surface area contributed by atoms with E-state index in [0.717, 1.165) is 13.1 Å². The molecule has 0 aliphatic carbocycles. The molecular weight excluding hydrogens is 438 g/mol. The van der Waals surface area contributed by atoms with Crippen molar-refractivity contribution in [3.8, 4) is 0 Å². The van der Waals surface area contributed by atoms with E-state index in [1.54, 1.807) is 0 Å². The molecule has 7 heteroatoms. The number of benzene rings is 2. The number of hydrogen-bond donors (Lipinski definition) is 2. The van der Waals surface area contributed by atoms with E-state index >= 15 is 0 Å². The molecule has 2 aromatic rings. The maximum atomic E-state index is 4.91. The van der Waals surface area contributed by atoms with E-state index in [-0.39, 0.29) is 19.5 Å². The van der Waals surface area contributed by atoms with E-state index in [0.29, 0.717) is 8.64 Å². The van der Waals surface area contributed by atoms with Gasteiger partial charge in [0.25, 0.3) is 0 Å². The fourth-order valence-electron chi connectivity index (χ4n) is 1.85. The summed E-state index contributed by atoms with van der Waals surface area (Å²) in [6.07, 6.45) is 0. The Morgan fingerprint density at radius 2 is 1.00 bits per heavy atom. The fourth-order valence-corrected chi connectivity index (χ4v) is 2.12. The summed E-state index contributed by atoms with van der Waals surface area (Å²) in [4.78, 5) is 3.85. The molecule has 0 bridgehead atoms. The molecule has 0 saturated carbocycles. The van der Waals surface area contributed by atoms with Crippen LogP contribution in [0.1, 0.15) is 11.1 Å². The van der Waals surface area contributed by atoms with Gasteiger partial charge in [-0.05, 0) is 11.1 Å². The Bertz CT molecular complexity index is 581. The zero-order valence-electron chi connectivity index (χ0n) is 14.5. The van der Waals surface area contributed by atoms with Gasteiger partial charge in [0.1, 0.15) is 8.64 Å². The SMILES string of the molecule is CN(Cc1ccccc1)C(=S)S.CN(Cc1ccccc1)C(=S)S.[Zn]. The maximum Gasteiger partial charge on any atom is 0.133 e. The summed E-state index contributed by atoms with van der Waals surface area (Å²) in [5, 5.41) is 0. The van der Waals surface area contributed by atoms with Gasteiger partial charge in [0, 0.05) is 46.7 Å². The number of hydrogen-bond acceptors (Lipinski definition) is 2. The molecule has 2 rings (SSSR count). The quantitative estimate of drug-likeness (QED) is 0.389. The molecule has 130 valence electrons. The Morgan fingerprint density at radius 3 is 1.24 bits per heavy atom. The van der Waals surface area contributed by atoms with Crippen LogP contribution < -0.4 is 0 Å². The van der Waals surface area contributed by atoms with Gasteiger partial charge in [-0.25, -0.2) is 0 Å². The summed E-state index contributed by atoms with van der Waals surface area (Å²) in [5.74, 6) is 0. The van der Waals surface area contributed by atoms with Gasteiger partial charge in [-0.3, -0.25) is 0 Å². The smallest absolute Gasteiger partial charge is 0.133 e. The van der Waals surface area contributed by atoms with Crippen LogP contribution in [0.25, 0.3) is 0 Å². The van der Waals surface area contributed by atoms with E-state index in [4.69, 9.17) is 24.4 Å². The van der Waals surface area contributed by atoms with Gasteiger partial charge in [0.05, 0.1) is 0 Å². The summed E-state index contributed by atoms with van der Waals surface area (Å²) >= 11 is 18.0. The van der Waals surface area contributed by atoms with Crippen molar-refractivity contribution in [1.82, 2.24) is 9.80 Å². The Labute approximate surface area is 185 Å². The van der Waals surface area contributed by atoms with Crippen LogP contribution in [-0.2, 0) is 32.6 Å². The van der Waals surface area contributed by atoms with Gasteiger partial charge in [-0.1, -0.05) is 85.1 Å². The first-order valence-corrected chi connectivity index (χ1v) is 9.07. The molecule has 0 aromatic heterocycles. The molecule has 0 spiro atoms. The molecule has 0 atom stereocenters. The standard InChI is InChI=1S/2C9H11NS2.Zn/c2*1-10(9(11)12)7-8-5-3-2-4-6-8;/h2*2-6H,7H2,1H3,(H,11,12);. The molecule has 0 unspecified atom stereocenters. The molecule has 0 saturated heterocycles. The molecule has 25 heavy (non-hydrogen) atoms. The second-order valence-electron chi connectivity index (χ2n) is 5.25. The van der Waals surface area contributed by atoms with E-state index in [1.165, 1.54) is 11.1 Å². The van der Waals surface area contributed by atoms with E-state index in [1.807, 2.05) is 60.3 Å². The Balaban J connectivity index is 0.000000443. The van der Waals surface area contributed by atoms with Crippen molar-refractivity contribution >= 4 is 58.3 Å². The maximum absolute atomic E-state index is 4.91. The molecule has 0 aliphatic rings. The third-order valence-corrected chi connectivity index (χ3v) is 4.48. The van der Waals surface area contributed by atoms with Crippen molar-refractivity contribution in [2.75, 3.05) is 14.1 Å². The average molecular weight is 460 g/mol. The van der Waals surface area contributed by atoms with Gasteiger partial charge in [-0.15, -0.1) is 25.3 Å². The first kappa shape index (κ1) is 24.5. The van der Waals surface area contributed by atoms with Crippen molar-refractivity contribution in [1.29, 1.82) is 0 Å². The van der Waals surface area contributed by atoms with Gasteiger partial charge in [-0.2, -0.15) is 0 Å². The molecule has 0 aliphatic heterocycles. The van der Waals surface area contributed by atoms with Crippen LogP contribution in [0.2, 0.25) is 0 Å². The van der Waals surface area contributed by atoms with Gasteiger partial charge in [0.2, 0.25) is 0 Å². The molecule has 0 heterocycles. The van der Waals surface area contributed by atoms with Crippen LogP contribution in [0, 0.1) is 0 Å². The zero-order chi connectivity index (χ0) is 17.9. The normalized spacial score (nSPS) is 9.12. The van der Waals surface area contributed by atoms with E-state index in [2.05, 4.69) is 49.5 Å². The fraction of sp³-hybridized carbons (Fsp3) is 0.222. The predicted molar refractivity (Wildman–Crippen MR) is 119 cm³/mol. The minimum atomic E-state index is 0. The van der Waals surface area contributed by atoms with Crippen LogP contribution in [-0.4, -0.2) is 32.5 Å². The molecule has 0 fully saturated rings. The number of rotatable bonds is 4. The third-order valence-electron chi connectivity index (χ3n) is 3.18. The van der Waals surface area contributed by atoms with Crippen LogP contribution in [0.4, 0.5) is 0 Å². The van der Waals surface area contributed by atoms with Crippen molar-refractivity contribution in [3.05, 3.63) is 71.8 Å². The third kappa shape index (κ3) is 11.0. The Kier molecular flexibility index (Phi) is 13.5. The van der Waals surface area contributed by atoms with E-state index < -0.39 is 0 Å². The minimum Gasteiger partial charge on any atom is -0.356 e. The van der Waals surface area contributed by atoms with Crippen molar-refractivity contribution in [3.63, 3.8) is 0 Å². The molecule has 0 N–H and O–H groups in total.